The Balaban J connectivity index is 2.35. The number of hydrazine groups is 1. The van der Waals surface area contributed by atoms with Gasteiger partial charge in [-0.15, -0.1) is 0 Å². The summed E-state index contributed by atoms with van der Waals surface area (Å²) in [6.07, 6.45) is 2.32. The van der Waals surface area contributed by atoms with Gasteiger partial charge in [0, 0.05) is 8.95 Å². The molecule has 0 bridgehead atoms. The van der Waals surface area contributed by atoms with Crippen molar-refractivity contribution in [1.82, 2.24) is 9.97 Å². The highest BCUT2D eigenvalue weighted by Crippen LogP contribution is 2.32. The monoisotopic (exact) mass is 421 g/mol. The molecule has 0 atom stereocenters. The summed E-state index contributed by atoms with van der Waals surface area (Å²) in [6.45, 7) is 0. The Kier molecular flexibility index (Phi) is 4.58. The number of nitrogen functional groups attached to an aromatic ring is 1. The van der Waals surface area contributed by atoms with E-state index in [1.54, 1.807) is 18.2 Å². The molecule has 0 radical (unpaired) electrons. The molecule has 10 heteroatoms. The van der Waals surface area contributed by atoms with Crippen molar-refractivity contribution in [2.45, 2.75) is 4.90 Å². The molecule has 2 aromatic rings. The number of anilines is 2. The molecule has 0 fully saturated rings. The van der Waals surface area contributed by atoms with E-state index in [4.69, 9.17) is 5.84 Å². The molecule has 0 amide bonds. The van der Waals surface area contributed by atoms with Gasteiger partial charge in [-0.2, -0.15) is 0 Å². The van der Waals surface area contributed by atoms with E-state index in [0.29, 0.717) is 14.6 Å². The highest BCUT2D eigenvalue weighted by molar-refractivity contribution is 9.11. The van der Waals surface area contributed by atoms with E-state index >= 15 is 0 Å². The molecule has 0 saturated heterocycles. The van der Waals surface area contributed by atoms with Crippen LogP contribution in [0, 0.1) is 0 Å². The van der Waals surface area contributed by atoms with Crippen molar-refractivity contribution in [3.63, 3.8) is 0 Å². The van der Waals surface area contributed by atoms with Gasteiger partial charge in [0.1, 0.15) is 4.90 Å². The maximum Gasteiger partial charge on any atom is 0.265 e. The summed E-state index contributed by atoms with van der Waals surface area (Å²) in [4.78, 5) is 7.45. The number of benzene rings is 1. The summed E-state index contributed by atoms with van der Waals surface area (Å²) < 4.78 is 28.1. The van der Waals surface area contributed by atoms with E-state index in [1.165, 1.54) is 0 Å². The van der Waals surface area contributed by atoms with Gasteiger partial charge in [-0.1, -0.05) is 6.07 Å². The number of hydrogen-bond acceptors (Lipinski definition) is 6. The van der Waals surface area contributed by atoms with Crippen LogP contribution < -0.4 is 16.0 Å². The van der Waals surface area contributed by atoms with Crippen molar-refractivity contribution in [2.24, 2.45) is 5.84 Å². The van der Waals surface area contributed by atoms with Crippen LogP contribution in [0.3, 0.4) is 0 Å². The lowest BCUT2D eigenvalue weighted by molar-refractivity contribution is 0.600. The summed E-state index contributed by atoms with van der Waals surface area (Å²) in [6, 6.07) is 5.22. The van der Waals surface area contributed by atoms with Gasteiger partial charge >= 0.3 is 0 Å². The molecule has 1 heterocycles. The molecule has 106 valence electrons. The highest BCUT2D eigenvalue weighted by Gasteiger charge is 2.18. The molecule has 0 spiro atoms. The van der Waals surface area contributed by atoms with Crippen molar-refractivity contribution in [3.05, 3.63) is 39.5 Å². The Bertz CT molecular complexity index is 701. The molecule has 1 aromatic heterocycles. The second-order valence-electron chi connectivity index (χ2n) is 3.59. The average Bonchev–Trinajstić information content (AvgIpc) is 2.43. The predicted molar refractivity (Wildman–Crippen MR) is 82.5 cm³/mol. The molecular weight excluding hydrogens is 414 g/mol. The number of para-hydroxylation sites is 1. The third-order valence-corrected chi connectivity index (χ3v) is 4.89. The Hall–Kier alpha value is -1.23. The van der Waals surface area contributed by atoms with E-state index in [-0.39, 0.29) is 10.8 Å². The standard InChI is InChI=1S/C10H9Br2N5O2S/c11-7-2-1-3-8(12)9(7)17-20(18,19)6-4-14-10(16-13)15-5-6/h1-5,17H,13H2,(H,14,15,16). The van der Waals surface area contributed by atoms with E-state index < -0.39 is 10.0 Å². The largest absolute Gasteiger partial charge is 0.292 e. The van der Waals surface area contributed by atoms with E-state index in [2.05, 4.69) is 52.0 Å². The first kappa shape index (κ1) is 15.2. The third-order valence-electron chi connectivity index (χ3n) is 2.27. The van der Waals surface area contributed by atoms with Crippen LogP contribution in [0.1, 0.15) is 0 Å². The van der Waals surface area contributed by atoms with E-state index in [1.807, 2.05) is 0 Å². The topological polar surface area (TPSA) is 110 Å². The molecule has 0 saturated carbocycles. The fourth-order valence-corrected chi connectivity index (χ4v) is 3.77. The fraction of sp³-hybridized carbons (Fsp3) is 0. The lowest BCUT2D eigenvalue weighted by Gasteiger charge is -2.11. The van der Waals surface area contributed by atoms with Gasteiger partial charge in [0.2, 0.25) is 5.95 Å². The van der Waals surface area contributed by atoms with Crippen molar-refractivity contribution in [2.75, 3.05) is 10.1 Å². The SMILES string of the molecule is NNc1ncc(S(=O)(=O)Nc2c(Br)cccc2Br)cn1. The Morgan fingerprint density at radius 3 is 2.15 bits per heavy atom. The summed E-state index contributed by atoms with van der Waals surface area (Å²) in [5.74, 6) is 5.25. The molecule has 0 unspecified atom stereocenters. The zero-order chi connectivity index (χ0) is 14.8. The molecule has 2 rings (SSSR count). The van der Waals surface area contributed by atoms with Crippen LogP contribution in [0.15, 0.2) is 44.4 Å². The number of nitrogens with zero attached hydrogens (tertiary/aromatic N) is 2. The minimum Gasteiger partial charge on any atom is -0.292 e. The molecule has 1 aromatic carbocycles. The van der Waals surface area contributed by atoms with Crippen LogP contribution in [-0.2, 0) is 10.0 Å². The lowest BCUT2D eigenvalue weighted by Crippen LogP contribution is -2.16. The second kappa shape index (κ2) is 6.04. The van der Waals surface area contributed by atoms with Crippen LogP contribution in [0.2, 0.25) is 0 Å². The van der Waals surface area contributed by atoms with Crippen molar-refractivity contribution in [3.8, 4) is 0 Å². The van der Waals surface area contributed by atoms with Crippen LogP contribution in [0.25, 0.3) is 0 Å². The van der Waals surface area contributed by atoms with Gasteiger partial charge in [0.25, 0.3) is 10.0 Å². The van der Waals surface area contributed by atoms with Gasteiger partial charge in [0.15, 0.2) is 0 Å². The zero-order valence-electron chi connectivity index (χ0n) is 9.84. The molecule has 0 aliphatic rings. The number of rotatable bonds is 4. The molecule has 0 aliphatic heterocycles. The van der Waals surface area contributed by atoms with E-state index in [9.17, 15) is 8.42 Å². The Morgan fingerprint density at radius 2 is 1.65 bits per heavy atom. The van der Waals surface area contributed by atoms with Gasteiger partial charge in [-0.05, 0) is 44.0 Å². The number of nitrogens with one attached hydrogen (secondary N) is 2. The van der Waals surface area contributed by atoms with Crippen molar-refractivity contribution >= 4 is 53.5 Å². The number of nitrogens with two attached hydrogens (primary N) is 1. The Labute approximate surface area is 132 Å². The normalized spacial score (nSPS) is 11.2. The summed E-state index contributed by atoms with van der Waals surface area (Å²) >= 11 is 6.56. The maximum absolute atomic E-state index is 12.2. The number of hydrogen-bond donors (Lipinski definition) is 3. The molecule has 0 aliphatic carbocycles. The highest BCUT2D eigenvalue weighted by atomic mass is 79.9. The molecular formula is C10H9Br2N5O2S. The van der Waals surface area contributed by atoms with Gasteiger partial charge < -0.3 is 0 Å². The lowest BCUT2D eigenvalue weighted by atomic mass is 10.3. The first-order valence-corrected chi connectivity index (χ1v) is 8.26. The summed E-state index contributed by atoms with van der Waals surface area (Å²) in [7, 11) is -3.79. The first-order chi connectivity index (χ1) is 9.44. The smallest absolute Gasteiger partial charge is 0.265 e. The molecule has 4 N–H and O–H groups in total. The van der Waals surface area contributed by atoms with Crippen molar-refractivity contribution in [1.29, 1.82) is 0 Å². The minimum absolute atomic E-state index is 0.0702. The second-order valence-corrected chi connectivity index (χ2v) is 6.98. The van der Waals surface area contributed by atoms with Gasteiger partial charge in [0.05, 0.1) is 18.1 Å². The third kappa shape index (κ3) is 3.26. The Morgan fingerprint density at radius 1 is 1.10 bits per heavy atom. The number of aromatic nitrogens is 2. The molecule has 20 heavy (non-hydrogen) atoms. The van der Waals surface area contributed by atoms with Gasteiger partial charge in [-0.25, -0.2) is 24.2 Å². The summed E-state index contributed by atoms with van der Waals surface area (Å²) in [5.41, 5.74) is 2.62. The first-order valence-electron chi connectivity index (χ1n) is 5.19. The zero-order valence-corrected chi connectivity index (χ0v) is 13.8. The minimum atomic E-state index is -3.79. The predicted octanol–water partition coefficient (Wildman–Crippen LogP) is 2.09. The summed E-state index contributed by atoms with van der Waals surface area (Å²) in [5, 5.41) is 0. The maximum atomic E-state index is 12.2. The number of sulfonamides is 1. The fourth-order valence-electron chi connectivity index (χ4n) is 1.32. The number of halogens is 2. The average molecular weight is 423 g/mol. The van der Waals surface area contributed by atoms with Crippen LogP contribution in [-0.4, -0.2) is 18.4 Å². The van der Waals surface area contributed by atoms with Crippen LogP contribution in [0.4, 0.5) is 11.6 Å². The quantitative estimate of drug-likeness (QED) is 0.514. The van der Waals surface area contributed by atoms with E-state index in [0.717, 1.165) is 12.4 Å². The van der Waals surface area contributed by atoms with Crippen molar-refractivity contribution < 1.29 is 8.42 Å². The van der Waals surface area contributed by atoms with Crippen LogP contribution in [0.5, 0.6) is 0 Å². The van der Waals surface area contributed by atoms with Crippen LogP contribution >= 0.6 is 31.9 Å². The molecule has 7 nitrogen and oxygen atoms in total. The van der Waals surface area contributed by atoms with Gasteiger partial charge in [-0.3, -0.25) is 10.1 Å².